The van der Waals surface area contributed by atoms with Gasteiger partial charge in [0.2, 0.25) is 0 Å². The van der Waals surface area contributed by atoms with Gasteiger partial charge in [-0.3, -0.25) is 9.59 Å². The van der Waals surface area contributed by atoms with Gasteiger partial charge >= 0.3 is 0 Å². The summed E-state index contributed by atoms with van der Waals surface area (Å²) in [6.07, 6.45) is 0.853. The smallest absolute Gasteiger partial charge is 0.254 e. The van der Waals surface area contributed by atoms with Gasteiger partial charge in [0.25, 0.3) is 11.8 Å². The van der Waals surface area contributed by atoms with Crippen LogP contribution in [0.15, 0.2) is 22.7 Å². The second kappa shape index (κ2) is 5.54. The van der Waals surface area contributed by atoms with Crippen LogP contribution in [-0.2, 0) is 4.79 Å². The molecule has 1 atom stereocenters. The van der Waals surface area contributed by atoms with Gasteiger partial charge in [0.15, 0.2) is 5.60 Å². The molecule has 3 N–H and O–H groups in total. The van der Waals surface area contributed by atoms with Crippen molar-refractivity contribution >= 4 is 27.7 Å². The van der Waals surface area contributed by atoms with Crippen molar-refractivity contribution in [1.82, 2.24) is 4.90 Å². The minimum absolute atomic E-state index is 0.0450. The zero-order valence-corrected chi connectivity index (χ0v) is 12.8. The van der Waals surface area contributed by atoms with Crippen molar-refractivity contribution in [1.29, 1.82) is 0 Å². The lowest BCUT2D eigenvalue weighted by atomic mass is 9.91. The number of likely N-dealkylation sites (tertiary alicyclic amines) is 1. The fraction of sp³-hybridized carbons (Fsp3) is 0.429. The Morgan fingerprint density at radius 1 is 1.45 bits per heavy atom. The summed E-state index contributed by atoms with van der Waals surface area (Å²) in [5, 5.41) is 10.2. The van der Waals surface area contributed by atoms with Crippen LogP contribution in [0.3, 0.4) is 0 Å². The molecule has 0 saturated carbocycles. The molecular weight excluding hydrogens is 324 g/mol. The molecule has 0 bridgehead atoms. The number of hydrogen-bond acceptors (Lipinski definition) is 3. The van der Waals surface area contributed by atoms with Crippen molar-refractivity contribution in [2.45, 2.75) is 25.4 Å². The van der Waals surface area contributed by atoms with E-state index in [0.717, 1.165) is 10.0 Å². The highest BCUT2D eigenvalue weighted by Crippen LogP contribution is 2.24. The quantitative estimate of drug-likeness (QED) is 0.848. The van der Waals surface area contributed by atoms with Crippen LogP contribution >= 0.6 is 15.9 Å². The van der Waals surface area contributed by atoms with Gasteiger partial charge < -0.3 is 15.7 Å². The fourth-order valence-corrected chi connectivity index (χ4v) is 2.92. The van der Waals surface area contributed by atoms with E-state index in [9.17, 15) is 14.7 Å². The lowest BCUT2D eigenvalue weighted by molar-refractivity contribution is -0.140. The average Bonchev–Trinajstić information content (AvgIpc) is 2.38. The molecular formula is C14H17BrN2O3. The lowest BCUT2D eigenvalue weighted by Gasteiger charge is -2.37. The molecule has 5 nitrogen and oxygen atoms in total. The lowest BCUT2D eigenvalue weighted by Crippen LogP contribution is -2.57. The van der Waals surface area contributed by atoms with Crippen molar-refractivity contribution < 1.29 is 14.7 Å². The van der Waals surface area contributed by atoms with E-state index in [0.29, 0.717) is 24.9 Å². The Balaban J connectivity index is 2.23. The number of hydrogen-bond donors (Lipinski definition) is 2. The van der Waals surface area contributed by atoms with E-state index in [4.69, 9.17) is 5.73 Å². The monoisotopic (exact) mass is 340 g/mol. The van der Waals surface area contributed by atoms with E-state index in [1.807, 2.05) is 13.0 Å². The summed E-state index contributed by atoms with van der Waals surface area (Å²) < 4.78 is 0.902. The summed E-state index contributed by atoms with van der Waals surface area (Å²) in [6.45, 7) is 2.32. The molecule has 20 heavy (non-hydrogen) atoms. The first-order chi connectivity index (χ1) is 9.33. The predicted octanol–water partition coefficient (Wildman–Crippen LogP) is 1.21. The Bertz CT molecular complexity index is 561. The summed E-state index contributed by atoms with van der Waals surface area (Å²) in [5.41, 5.74) is 5.02. The van der Waals surface area contributed by atoms with Crippen LogP contribution in [0, 0.1) is 6.92 Å². The molecule has 1 saturated heterocycles. The normalized spacial score (nSPS) is 22.6. The van der Waals surface area contributed by atoms with E-state index in [-0.39, 0.29) is 12.5 Å². The highest BCUT2D eigenvalue weighted by atomic mass is 79.9. The number of nitrogens with zero attached hydrogens (tertiary/aromatic N) is 1. The molecule has 0 unspecified atom stereocenters. The van der Waals surface area contributed by atoms with Crippen LogP contribution in [0.2, 0.25) is 0 Å². The Hall–Kier alpha value is -1.40. The number of aliphatic hydroxyl groups is 1. The fourth-order valence-electron chi connectivity index (χ4n) is 2.45. The first kappa shape index (κ1) is 15.0. The van der Waals surface area contributed by atoms with Crippen molar-refractivity contribution in [3.8, 4) is 0 Å². The first-order valence-electron chi connectivity index (χ1n) is 6.41. The van der Waals surface area contributed by atoms with Crippen LogP contribution in [-0.4, -0.2) is 40.5 Å². The molecule has 0 aliphatic carbocycles. The van der Waals surface area contributed by atoms with Crippen LogP contribution in [0.4, 0.5) is 0 Å². The SMILES string of the molecule is Cc1cc(Br)ccc1C(=O)N1CCC[C@](O)(C(N)=O)C1. The standard InChI is InChI=1S/C14H17BrN2O3/c1-9-7-10(15)3-4-11(9)12(18)17-6-2-5-14(20,8-17)13(16)19/h3-4,7,20H,2,5-6,8H2,1H3,(H2,16,19)/t14-/m1/s1. The summed E-state index contributed by atoms with van der Waals surface area (Å²) in [4.78, 5) is 25.3. The van der Waals surface area contributed by atoms with Crippen LogP contribution in [0.5, 0.6) is 0 Å². The number of rotatable bonds is 2. The van der Waals surface area contributed by atoms with Crippen LogP contribution < -0.4 is 5.73 Å². The van der Waals surface area contributed by atoms with Crippen LogP contribution in [0.1, 0.15) is 28.8 Å². The van der Waals surface area contributed by atoms with Crippen molar-refractivity contribution in [2.24, 2.45) is 5.73 Å². The molecule has 1 heterocycles. The van der Waals surface area contributed by atoms with Gasteiger partial charge in [0, 0.05) is 16.6 Å². The van der Waals surface area contributed by atoms with Gasteiger partial charge in [-0.2, -0.15) is 0 Å². The van der Waals surface area contributed by atoms with Gasteiger partial charge in [-0.05, 0) is 43.5 Å². The Labute approximate surface area is 125 Å². The minimum atomic E-state index is -1.61. The van der Waals surface area contributed by atoms with Crippen molar-refractivity contribution in [3.05, 3.63) is 33.8 Å². The molecule has 1 aromatic rings. The van der Waals surface area contributed by atoms with Gasteiger partial charge in [0.05, 0.1) is 6.54 Å². The molecule has 0 radical (unpaired) electrons. The third-order valence-electron chi connectivity index (χ3n) is 3.64. The molecule has 2 amide bonds. The molecule has 6 heteroatoms. The van der Waals surface area contributed by atoms with E-state index in [2.05, 4.69) is 15.9 Å². The number of primary amides is 1. The van der Waals surface area contributed by atoms with Crippen molar-refractivity contribution in [3.63, 3.8) is 0 Å². The summed E-state index contributed by atoms with van der Waals surface area (Å²) in [6, 6.07) is 5.39. The Kier molecular flexibility index (Phi) is 4.15. The third-order valence-corrected chi connectivity index (χ3v) is 4.13. The van der Waals surface area contributed by atoms with E-state index in [1.165, 1.54) is 4.90 Å². The van der Waals surface area contributed by atoms with E-state index >= 15 is 0 Å². The molecule has 0 aromatic heterocycles. The van der Waals surface area contributed by atoms with Gasteiger partial charge in [0.1, 0.15) is 0 Å². The molecule has 1 fully saturated rings. The Morgan fingerprint density at radius 3 is 2.75 bits per heavy atom. The minimum Gasteiger partial charge on any atom is -0.378 e. The summed E-state index contributed by atoms with van der Waals surface area (Å²) in [7, 11) is 0. The Morgan fingerprint density at radius 2 is 2.15 bits per heavy atom. The second-order valence-electron chi connectivity index (χ2n) is 5.19. The number of benzene rings is 1. The number of carbonyl (C=O) groups excluding carboxylic acids is 2. The van der Waals surface area contributed by atoms with Crippen LogP contribution in [0.25, 0.3) is 0 Å². The number of nitrogens with two attached hydrogens (primary N) is 1. The highest BCUT2D eigenvalue weighted by molar-refractivity contribution is 9.10. The molecule has 1 aliphatic rings. The average molecular weight is 341 g/mol. The van der Waals surface area contributed by atoms with Gasteiger partial charge in [-0.25, -0.2) is 0 Å². The zero-order valence-electron chi connectivity index (χ0n) is 11.2. The molecule has 2 rings (SSSR count). The molecule has 108 valence electrons. The number of β-amino-alcohol motifs (C(OH)–C–C–N with tert-alkyl or cyclic N) is 1. The van der Waals surface area contributed by atoms with E-state index in [1.54, 1.807) is 12.1 Å². The second-order valence-corrected chi connectivity index (χ2v) is 6.10. The zero-order chi connectivity index (χ0) is 14.9. The number of amides is 2. The largest absolute Gasteiger partial charge is 0.378 e. The molecule has 1 aliphatic heterocycles. The predicted molar refractivity (Wildman–Crippen MR) is 78.2 cm³/mol. The maximum atomic E-state index is 12.5. The summed E-state index contributed by atoms with van der Waals surface area (Å²) >= 11 is 3.35. The number of aryl methyl sites for hydroxylation is 1. The maximum Gasteiger partial charge on any atom is 0.254 e. The summed E-state index contributed by atoms with van der Waals surface area (Å²) in [5.74, 6) is -0.961. The number of carbonyl (C=O) groups is 2. The van der Waals surface area contributed by atoms with Gasteiger partial charge in [-0.1, -0.05) is 15.9 Å². The molecule has 0 spiro atoms. The maximum absolute atomic E-state index is 12.5. The van der Waals surface area contributed by atoms with Crippen molar-refractivity contribution in [2.75, 3.05) is 13.1 Å². The first-order valence-corrected chi connectivity index (χ1v) is 7.20. The number of piperidine rings is 1. The molecule has 1 aromatic carbocycles. The number of halogens is 1. The highest BCUT2D eigenvalue weighted by Gasteiger charge is 2.40. The van der Waals surface area contributed by atoms with Gasteiger partial charge in [-0.15, -0.1) is 0 Å². The third kappa shape index (κ3) is 2.86. The van der Waals surface area contributed by atoms with E-state index < -0.39 is 11.5 Å². The topological polar surface area (TPSA) is 83.6 Å².